The number of esters is 1. The number of sulfonamides is 1. The molecule has 0 aliphatic heterocycles. The Kier molecular flexibility index (Phi) is 4.79. The molecule has 3 aromatic rings. The van der Waals surface area contributed by atoms with Crippen LogP contribution >= 0.6 is 11.6 Å². The average Bonchev–Trinajstić information content (AvgIpc) is 3.01. The number of fused-ring (bicyclic) bond motifs is 1. The number of rotatable bonds is 5. The van der Waals surface area contributed by atoms with Crippen LogP contribution < -0.4 is 4.72 Å². The van der Waals surface area contributed by atoms with Gasteiger partial charge in [-0.25, -0.2) is 14.3 Å². The number of hydrogen-bond donors (Lipinski definition) is 1. The topological polar surface area (TPSA) is 116 Å². The highest BCUT2D eigenvalue weighted by molar-refractivity contribution is 7.92. The van der Waals surface area contributed by atoms with Gasteiger partial charge in [0.1, 0.15) is 0 Å². The van der Waals surface area contributed by atoms with Gasteiger partial charge in [-0.05, 0) is 31.5 Å². The highest BCUT2D eigenvalue weighted by Gasteiger charge is 2.25. The van der Waals surface area contributed by atoms with E-state index in [0.717, 1.165) is 5.56 Å². The summed E-state index contributed by atoms with van der Waals surface area (Å²) >= 11 is 6.07. The lowest BCUT2D eigenvalue weighted by Crippen LogP contribution is -2.18. The van der Waals surface area contributed by atoms with Crippen molar-refractivity contribution in [1.29, 1.82) is 0 Å². The molecule has 0 saturated heterocycles. The van der Waals surface area contributed by atoms with Crippen LogP contribution in [-0.2, 0) is 14.8 Å². The molecule has 1 N–H and O–H groups in total. The molecule has 0 saturated carbocycles. The van der Waals surface area contributed by atoms with Gasteiger partial charge in [0.15, 0.2) is 0 Å². The minimum atomic E-state index is -4.21. The van der Waals surface area contributed by atoms with Crippen LogP contribution in [-0.4, -0.2) is 40.6 Å². The monoisotopic (exact) mass is 395 g/mol. The Hall–Kier alpha value is -2.72. The molecule has 26 heavy (non-hydrogen) atoms. The van der Waals surface area contributed by atoms with Crippen LogP contribution in [0.5, 0.6) is 0 Å². The maximum Gasteiger partial charge on any atom is 0.340 e. The molecule has 0 aliphatic carbocycles. The zero-order valence-electron chi connectivity index (χ0n) is 13.8. The van der Waals surface area contributed by atoms with Crippen molar-refractivity contribution in [2.75, 3.05) is 11.3 Å². The number of anilines is 1. The van der Waals surface area contributed by atoms with Gasteiger partial charge in [0.25, 0.3) is 21.0 Å². The Labute approximate surface area is 154 Å². The number of ether oxygens (including phenoxy) is 1. The second kappa shape index (κ2) is 6.89. The van der Waals surface area contributed by atoms with Gasteiger partial charge >= 0.3 is 5.97 Å². The molecule has 2 aromatic heterocycles. The summed E-state index contributed by atoms with van der Waals surface area (Å²) in [5, 5.41) is 3.46. The zero-order chi connectivity index (χ0) is 18.9. The largest absolute Gasteiger partial charge is 0.462 e. The second-order valence-electron chi connectivity index (χ2n) is 5.26. The summed E-state index contributed by atoms with van der Waals surface area (Å²) in [5.41, 5.74) is 0.672. The molecule has 0 amide bonds. The second-order valence-corrected chi connectivity index (χ2v) is 7.24. The van der Waals surface area contributed by atoms with Crippen molar-refractivity contribution in [3.05, 3.63) is 46.7 Å². The van der Waals surface area contributed by atoms with Crippen LogP contribution in [0.3, 0.4) is 0 Å². The van der Waals surface area contributed by atoms with Crippen molar-refractivity contribution in [1.82, 2.24) is 19.6 Å². The summed E-state index contributed by atoms with van der Waals surface area (Å²) in [6.45, 7) is 3.56. The van der Waals surface area contributed by atoms with Crippen LogP contribution in [0, 0.1) is 6.92 Å². The lowest BCUT2D eigenvalue weighted by Gasteiger charge is -2.11. The molecule has 11 heteroatoms. The molecule has 3 rings (SSSR count). The number of carbonyl (C=O) groups excluding carboxylic acids is 1. The minimum Gasteiger partial charge on any atom is -0.462 e. The normalized spacial score (nSPS) is 11.5. The Balaban J connectivity index is 2.02. The number of hydrogen-bond acceptors (Lipinski definition) is 7. The van der Waals surface area contributed by atoms with Crippen LogP contribution in [0.4, 0.5) is 5.69 Å². The van der Waals surface area contributed by atoms with E-state index in [1.54, 1.807) is 26.2 Å². The van der Waals surface area contributed by atoms with Gasteiger partial charge < -0.3 is 4.74 Å². The lowest BCUT2D eigenvalue weighted by molar-refractivity contribution is 0.0527. The van der Waals surface area contributed by atoms with Crippen molar-refractivity contribution in [2.45, 2.75) is 19.0 Å². The number of carbonyl (C=O) groups is 1. The average molecular weight is 396 g/mol. The fraction of sp³-hybridized carbons (Fsp3) is 0.200. The smallest absolute Gasteiger partial charge is 0.340 e. The van der Waals surface area contributed by atoms with E-state index < -0.39 is 21.1 Å². The first-order chi connectivity index (χ1) is 12.3. The number of halogens is 1. The van der Waals surface area contributed by atoms with Gasteiger partial charge in [0.2, 0.25) is 0 Å². The van der Waals surface area contributed by atoms with E-state index in [4.69, 9.17) is 16.3 Å². The molecule has 0 atom stereocenters. The molecule has 0 fully saturated rings. The third kappa shape index (κ3) is 3.46. The van der Waals surface area contributed by atoms with Gasteiger partial charge in [0.05, 0.1) is 22.9 Å². The fourth-order valence-corrected chi connectivity index (χ4v) is 3.41. The summed E-state index contributed by atoms with van der Waals surface area (Å²) in [6.07, 6.45) is 3.13. The minimum absolute atomic E-state index is 0.0133. The maximum absolute atomic E-state index is 12.7. The highest BCUT2D eigenvalue weighted by atomic mass is 35.5. The van der Waals surface area contributed by atoms with Gasteiger partial charge in [-0.2, -0.15) is 13.4 Å². The van der Waals surface area contributed by atoms with Gasteiger partial charge in [-0.3, -0.25) is 4.72 Å². The zero-order valence-corrected chi connectivity index (χ0v) is 15.4. The van der Waals surface area contributed by atoms with E-state index in [2.05, 4.69) is 19.8 Å². The van der Waals surface area contributed by atoms with Crippen LogP contribution in [0.25, 0.3) is 5.78 Å². The van der Waals surface area contributed by atoms with Gasteiger partial charge in [-0.1, -0.05) is 17.7 Å². The van der Waals surface area contributed by atoms with Crippen LogP contribution in [0.2, 0.25) is 5.02 Å². The molecule has 9 nitrogen and oxygen atoms in total. The Bertz CT molecular complexity index is 1100. The van der Waals surface area contributed by atoms with Crippen LogP contribution in [0.15, 0.2) is 35.7 Å². The third-order valence-corrected chi connectivity index (χ3v) is 4.73. The molecule has 0 radical (unpaired) electrons. The number of nitrogens with zero attached hydrogens (tertiary/aromatic N) is 4. The molecular weight excluding hydrogens is 382 g/mol. The van der Waals surface area contributed by atoms with Crippen molar-refractivity contribution in [3.8, 4) is 0 Å². The summed E-state index contributed by atoms with van der Waals surface area (Å²) in [7, 11) is -4.21. The first-order valence-corrected chi connectivity index (χ1v) is 9.35. The first-order valence-electron chi connectivity index (χ1n) is 7.49. The van der Waals surface area contributed by atoms with Crippen molar-refractivity contribution < 1.29 is 17.9 Å². The van der Waals surface area contributed by atoms with E-state index in [-0.39, 0.29) is 28.7 Å². The molecule has 0 spiro atoms. The molecule has 2 heterocycles. The summed E-state index contributed by atoms with van der Waals surface area (Å²) < 4.78 is 33.7. The SMILES string of the molecule is CCOC(=O)c1cccc(Cl)c1NS(=O)(=O)c1nc2ncc(C)cn2n1. The fourth-order valence-electron chi connectivity index (χ4n) is 2.16. The Morgan fingerprint density at radius 3 is 2.88 bits per heavy atom. The van der Waals surface area contributed by atoms with Gasteiger partial charge in [0, 0.05) is 12.4 Å². The summed E-state index contributed by atoms with van der Waals surface area (Å²) in [5.74, 6) is -0.575. The number of para-hydroxylation sites is 1. The number of aromatic nitrogens is 4. The van der Waals surface area contributed by atoms with E-state index >= 15 is 0 Å². The number of benzene rings is 1. The molecule has 0 bridgehead atoms. The predicted molar refractivity (Wildman–Crippen MR) is 93.7 cm³/mol. The van der Waals surface area contributed by atoms with Crippen molar-refractivity contribution in [3.63, 3.8) is 0 Å². The highest BCUT2D eigenvalue weighted by Crippen LogP contribution is 2.28. The number of aryl methyl sites for hydroxylation is 1. The summed E-state index contributed by atoms with van der Waals surface area (Å²) in [4.78, 5) is 20.0. The Morgan fingerprint density at radius 1 is 1.38 bits per heavy atom. The standard InChI is InChI=1S/C15H14ClN5O4S/c1-3-25-13(22)10-5-4-6-11(16)12(10)20-26(23,24)15-18-14-17-7-9(2)8-21(14)19-15/h4-8,20H,3H2,1-2H3. The molecule has 0 aliphatic rings. The molecule has 136 valence electrons. The van der Waals surface area contributed by atoms with E-state index in [1.807, 2.05) is 0 Å². The first kappa shape index (κ1) is 18.1. The van der Waals surface area contributed by atoms with Crippen molar-refractivity contribution in [2.24, 2.45) is 0 Å². The quantitative estimate of drug-likeness (QED) is 0.657. The maximum atomic E-state index is 12.7. The third-order valence-electron chi connectivity index (χ3n) is 3.29. The number of nitrogens with one attached hydrogen (secondary N) is 1. The Morgan fingerprint density at radius 2 is 2.15 bits per heavy atom. The van der Waals surface area contributed by atoms with E-state index in [9.17, 15) is 13.2 Å². The van der Waals surface area contributed by atoms with E-state index in [0.29, 0.717) is 0 Å². The molecule has 0 unspecified atom stereocenters. The van der Waals surface area contributed by atoms with Crippen molar-refractivity contribution >= 4 is 39.1 Å². The lowest BCUT2D eigenvalue weighted by atomic mass is 10.2. The summed E-state index contributed by atoms with van der Waals surface area (Å²) in [6, 6.07) is 4.37. The molecule has 1 aromatic carbocycles. The van der Waals surface area contributed by atoms with Crippen LogP contribution in [0.1, 0.15) is 22.8 Å². The van der Waals surface area contributed by atoms with Gasteiger partial charge in [-0.15, -0.1) is 5.10 Å². The molecular formula is C15H14ClN5O4S. The van der Waals surface area contributed by atoms with E-state index in [1.165, 1.54) is 22.7 Å². The predicted octanol–water partition coefficient (Wildman–Crippen LogP) is 2.06.